The molecule has 0 fully saturated rings. The summed E-state index contributed by atoms with van der Waals surface area (Å²) in [5.41, 5.74) is 4.39. The van der Waals surface area contributed by atoms with Gasteiger partial charge >= 0.3 is 21.7 Å². The Labute approximate surface area is 159 Å². The van der Waals surface area contributed by atoms with Gasteiger partial charge in [-0.15, -0.1) is 25.2 Å². The molecular formula is C19H36O3Ti. The third kappa shape index (κ3) is 24.4. The van der Waals surface area contributed by atoms with Gasteiger partial charge in [0, 0.05) is 0 Å². The summed E-state index contributed by atoms with van der Waals surface area (Å²) in [7, 11) is 0. The second-order valence-corrected chi connectivity index (χ2v) is 6.77. The minimum atomic E-state index is -0.417. The average molecular weight is 360 g/mol. The summed E-state index contributed by atoms with van der Waals surface area (Å²) >= 11 is 0. The van der Waals surface area contributed by atoms with Gasteiger partial charge in [-0.2, -0.15) is 11.1 Å². The van der Waals surface area contributed by atoms with Gasteiger partial charge in [0.05, 0.1) is 0 Å². The van der Waals surface area contributed by atoms with E-state index in [4.69, 9.17) is 0 Å². The van der Waals surface area contributed by atoms with Gasteiger partial charge in [0.2, 0.25) is 0 Å². The molecule has 0 saturated carbocycles. The molecule has 3 nitrogen and oxygen atoms in total. The summed E-state index contributed by atoms with van der Waals surface area (Å²) in [6.45, 7) is 20.6. The summed E-state index contributed by atoms with van der Waals surface area (Å²) in [6, 6.07) is 0. The van der Waals surface area contributed by atoms with Crippen molar-refractivity contribution in [2.24, 2.45) is 5.41 Å². The van der Waals surface area contributed by atoms with Crippen LogP contribution in [0.1, 0.15) is 76.2 Å². The van der Waals surface area contributed by atoms with Gasteiger partial charge < -0.3 is 15.3 Å². The minimum Gasteiger partial charge on any atom is -0.852 e. The third-order valence-electron chi connectivity index (χ3n) is 2.56. The minimum absolute atomic E-state index is 0. The van der Waals surface area contributed by atoms with Crippen molar-refractivity contribution < 1.29 is 37.0 Å². The predicted molar refractivity (Wildman–Crippen MR) is 90.0 cm³/mol. The fraction of sp³-hybridized carbons (Fsp3) is 0.789. The van der Waals surface area contributed by atoms with E-state index in [9.17, 15) is 15.3 Å². The van der Waals surface area contributed by atoms with Crippen LogP contribution in [0.2, 0.25) is 0 Å². The second-order valence-electron chi connectivity index (χ2n) is 6.77. The Morgan fingerprint density at radius 3 is 1.00 bits per heavy atom. The largest absolute Gasteiger partial charge is 4.00 e. The van der Waals surface area contributed by atoms with E-state index in [1.54, 1.807) is 41.5 Å². The summed E-state index contributed by atoms with van der Waals surface area (Å²) < 4.78 is 0. The molecule has 23 heavy (non-hydrogen) atoms. The van der Waals surface area contributed by atoms with Crippen LogP contribution in [0.15, 0.2) is 16.7 Å². The first-order valence-corrected chi connectivity index (χ1v) is 7.92. The van der Waals surface area contributed by atoms with Gasteiger partial charge in [-0.25, -0.2) is 5.57 Å². The van der Waals surface area contributed by atoms with Crippen LogP contribution in [-0.2, 0) is 21.7 Å². The van der Waals surface area contributed by atoms with Crippen LogP contribution >= 0.6 is 0 Å². The Kier molecular flexibility index (Phi) is 21.0. The average Bonchev–Trinajstić information content (AvgIpc) is 2.39. The monoisotopic (exact) mass is 360 g/mol. The van der Waals surface area contributed by atoms with Crippen LogP contribution in [0.5, 0.6) is 0 Å². The van der Waals surface area contributed by atoms with Gasteiger partial charge in [-0.3, -0.25) is 6.08 Å². The van der Waals surface area contributed by atoms with Gasteiger partial charge in [-0.1, -0.05) is 74.7 Å². The zero-order chi connectivity index (χ0) is 18.7. The van der Waals surface area contributed by atoms with E-state index in [0.717, 1.165) is 0 Å². The van der Waals surface area contributed by atoms with E-state index in [1.165, 1.54) is 16.7 Å². The van der Waals surface area contributed by atoms with Gasteiger partial charge in [0.25, 0.3) is 0 Å². The molecule has 0 radical (unpaired) electrons. The molecule has 1 aliphatic rings. The molecule has 0 heterocycles. The molecule has 0 saturated heterocycles. The van der Waals surface area contributed by atoms with E-state index < -0.39 is 18.3 Å². The molecule has 0 N–H and O–H groups in total. The first-order valence-electron chi connectivity index (χ1n) is 7.92. The maximum Gasteiger partial charge on any atom is 4.00 e. The van der Waals surface area contributed by atoms with Crippen molar-refractivity contribution in [1.29, 1.82) is 0 Å². The van der Waals surface area contributed by atoms with Gasteiger partial charge in [0.15, 0.2) is 0 Å². The normalized spacial score (nSPS) is 14.9. The van der Waals surface area contributed by atoms with E-state index in [2.05, 4.69) is 40.7 Å². The Morgan fingerprint density at radius 1 is 0.739 bits per heavy atom. The number of rotatable bonds is 0. The molecule has 0 aliphatic heterocycles. The van der Waals surface area contributed by atoms with Crippen LogP contribution in [0.4, 0.5) is 0 Å². The van der Waals surface area contributed by atoms with Crippen LogP contribution in [0.3, 0.4) is 0 Å². The maximum atomic E-state index is 9.53. The summed E-state index contributed by atoms with van der Waals surface area (Å²) in [6.07, 6.45) is 2.19. The van der Waals surface area contributed by atoms with E-state index in [1.807, 2.05) is 0 Å². The Hall–Kier alpha value is 0.0743. The van der Waals surface area contributed by atoms with Crippen LogP contribution < -0.4 is 15.3 Å². The number of hydrogen-bond donors (Lipinski definition) is 0. The molecule has 1 aliphatic carbocycles. The second kappa shape index (κ2) is 15.6. The molecule has 0 unspecified atom stereocenters. The third-order valence-corrected chi connectivity index (χ3v) is 2.56. The standard InChI is InChI=1S/C10H15.3C3H7O.Ti/c1-7-6-10(4,5)9(3)8(7)2;3*1-3(2)4;/h1-5H3;3*3H,1-2H3;/q4*-1;+4. The molecule has 0 aromatic rings. The van der Waals surface area contributed by atoms with E-state index in [-0.39, 0.29) is 27.1 Å². The van der Waals surface area contributed by atoms with E-state index >= 15 is 0 Å². The van der Waals surface area contributed by atoms with Crippen molar-refractivity contribution in [3.8, 4) is 0 Å². The van der Waals surface area contributed by atoms with Crippen molar-refractivity contribution in [1.82, 2.24) is 0 Å². The van der Waals surface area contributed by atoms with Crippen molar-refractivity contribution in [2.75, 3.05) is 0 Å². The molecule has 0 aromatic heterocycles. The van der Waals surface area contributed by atoms with Gasteiger partial charge in [0.1, 0.15) is 0 Å². The fourth-order valence-electron chi connectivity index (χ4n) is 1.41. The smallest absolute Gasteiger partial charge is 0.852 e. The topological polar surface area (TPSA) is 69.2 Å². The maximum absolute atomic E-state index is 9.53. The molecule has 1 rings (SSSR count). The van der Waals surface area contributed by atoms with Crippen LogP contribution in [0, 0.1) is 11.5 Å². The zero-order valence-electron chi connectivity index (χ0n) is 17.0. The van der Waals surface area contributed by atoms with E-state index in [0.29, 0.717) is 0 Å². The van der Waals surface area contributed by atoms with Crippen LogP contribution in [0.25, 0.3) is 0 Å². The quantitative estimate of drug-likeness (QED) is 0.492. The van der Waals surface area contributed by atoms with Crippen molar-refractivity contribution in [2.45, 2.75) is 94.5 Å². The first-order chi connectivity index (χ1) is 9.65. The number of hydrogen-bond acceptors (Lipinski definition) is 3. The summed E-state index contributed by atoms with van der Waals surface area (Å²) in [4.78, 5) is 0. The molecule has 4 heteroatoms. The molecule has 0 bridgehead atoms. The number of allylic oxidation sites excluding steroid dienone is 4. The first kappa shape index (κ1) is 30.9. The molecule has 134 valence electrons. The molecule has 0 aromatic carbocycles. The Bertz CT molecular complexity index is 318. The predicted octanol–water partition coefficient (Wildman–Crippen LogP) is 2.37. The van der Waals surface area contributed by atoms with Crippen molar-refractivity contribution >= 4 is 0 Å². The van der Waals surface area contributed by atoms with Crippen molar-refractivity contribution in [3.63, 3.8) is 0 Å². The molecule has 0 spiro atoms. The Balaban J connectivity index is -0.000000118. The van der Waals surface area contributed by atoms with Gasteiger partial charge in [-0.05, 0) is 0 Å². The fourth-order valence-corrected chi connectivity index (χ4v) is 1.41. The molecule has 0 amide bonds. The molecular weight excluding hydrogens is 324 g/mol. The Morgan fingerprint density at radius 2 is 0.957 bits per heavy atom. The zero-order valence-corrected chi connectivity index (χ0v) is 18.5. The van der Waals surface area contributed by atoms with Crippen molar-refractivity contribution in [3.05, 3.63) is 22.8 Å². The summed E-state index contributed by atoms with van der Waals surface area (Å²) in [5, 5.41) is 28.6. The summed E-state index contributed by atoms with van der Waals surface area (Å²) in [5.74, 6) is 0. The SMILES string of the molecule is CC(C)[O-].CC(C)[O-].CC(C)[O-].CC1=[C-]C(C)(C)C(C)=C1C.[Ti+4]. The van der Waals surface area contributed by atoms with Crippen LogP contribution in [-0.4, -0.2) is 18.3 Å². The molecule has 0 atom stereocenters.